The maximum atomic E-state index is 12.7. The summed E-state index contributed by atoms with van der Waals surface area (Å²) in [6.45, 7) is 0. The first-order valence-corrected chi connectivity index (χ1v) is 3.60. The Kier molecular flexibility index (Phi) is 2.37. The molecule has 0 heterocycles. The van der Waals surface area contributed by atoms with E-state index in [1.807, 2.05) is 0 Å². The summed E-state index contributed by atoms with van der Waals surface area (Å²) in [5.41, 5.74) is -1.13. The van der Waals surface area contributed by atoms with Crippen LogP contribution in [0.15, 0.2) is 16.6 Å². The normalized spacial score (nSPS) is 9.92. The Hall–Kier alpha value is -1.04. The van der Waals surface area contributed by atoms with Crippen molar-refractivity contribution in [3.8, 4) is 0 Å². The molecule has 0 fully saturated rings. The van der Waals surface area contributed by atoms with Gasteiger partial charge in [-0.1, -0.05) is 15.9 Å². The Labute approximate surface area is 74.3 Å². The van der Waals surface area contributed by atoms with Gasteiger partial charge >= 0.3 is 5.69 Å². The Morgan fingerprint density at radius 2 is 1.75 bits per heavy atom. The molecule has 0 unspecified atom stereocenters. The Balaban J connectivity index is 3.38. The molecular weight excluding hydrogens is 236 g/mol. The summed E-state index contributed by atoms with van der Waals surface area (Å²) in [5.74, 6) is -2.38. The fraction of sp³-hybridized carbons (Fsp3) is 0. The number of hydrogen-bond acceptors (Lipinski definition) is 2. The van der Waals surface area contributed by atoms with Gasteiger partial charge in [0.25, 0.3) is 0 Å². The van der Waals surface area contributed by atoms with Crippen LogP contribution in [0.2, 0.25) is 0 Å². The Bertz CT molecular complexity index is 319. The van der Waals surface area contributed by atoms with Crippen molar-refractivity contribution >= 4 is 21.6 Å². The van der Waals surface area contributed by atoms with Crippen LogP contribution in [0.25, 0.3) is 0 Å². The molecule has 0 atom stereocenters. The summed E-state index contributed by atoms with van der Waals surface area (Å²) in [4.78, 5) is 8.96. The van der Waals surface area contributed by atoms with Crippen molar-refractivity contribution in [2.24, 2.45) is 0 Å². The van der Waals surface area contributed by atoms with Crippen LogP contribution in [0.4, 0.5) is 14.5 Å². The number of nitrogens with zero attached hydrogens (tertiary/aromatic N) is 1. The lowest BCUT2D eigenvalue weighted by atomic mass is 10.3. The average Bonchev–Trinajstić information content (AvgIpc) is 1.82. The van der Waals surface area contributed by atoms with Gasteiger partial charge in [0, 0.05) is 4.47 Å². The van der Waals surface area contributed by atoms with E-state index in [0.717, 1.165) is 12.1 Å². The molecule has 0 spiro atoms. The molecule has 0 saturated carbocycles. The van der Waals surface area contributed by atoms with Gasteiger partial charge in [-0.05, 0) is 12.1 Å². The van der Waals surface area contributed by atoms with Crippen molar-refractivity contribution in [1.82, 2.24) is 0 Å². The van der Waals surface area contributed by atoms with E-state index < -0.39 is 22.2 Å². The van der Waals surface area contributed by atoms with Gasteiger partial charge < -0.3 is 0 Å². The molecule has 0 bridgehead atoms. The summed E-state index contributed by atoms with van der Waals surface area (Å²) in [6, 6.07) is 1.67. The van der Waals surface area contributed by atoms with Crippen molar-refractivity contribution in [3.05, 3.63) is 38.4 Å². The molecular formula is C6H2BrF2NO2. The summed E-state index contributed by atoms with van der Waals surface area (Å²) < 4.78 is 25.4. The van der Waals surface area contributed by atoms with E-state index in [-0.39, 0.29) is 4.47 Å². The molecule has 0 amide bonds. The fourth-order valence-corrected chi connectivity index (χ4v) is 1.11. The fourth-order valence-electron chi connectivity index (χ4n) is 0.709. The molecule has 0 aliphatic heterocycles. The van der Waals surface area contributed by atoms with E-state index in [2.05, 4.69) is 15.9 Å². The first-order chi connectivity index (χ1) is 5.52. The summed E-state index contributed by atoms with van der Waals surface area (Å²) >= 11 is 2.79. The topological polar surface area (TPSA) is 43.1 Å². The molecule has 0 aliphatic rings. The maximum Gasteiger partial charge on any atom is 0.340 e. The molecule has 0 aliphatic carbocycles. The number of nitro benzene ring substituents is 1. The smallest absolute Gasteiger partial charge is 0.258 e. The van der Waals surface area contributed by atoms with Gasteiger partial charge in [0.2, 0.25) is 11.6 Å². The minimum Gasteiger partial charge on any atom is -0.258 e. The number of rotatable bonds is 1. The maximum absolute atomic E-state index is 12.7. The number of nitro groups is 1. The lowest BCUT2D eigenvalue weighted by Gasteiger charge is -1.95. The quantitative estimate of drug-likeness (QED) is 0.557. The van der Waals surface area contributed by atoms with Crippen LogP contribution < -0.4 is 0 Å². The molecule has 1 aromatic carbocycles. The highest BCUT2D eigenvalue weighted by molar-refractivity contribution is 9.10. The molecule has 1 rings (SSSR count). The zero-order valence-electron chi connectivity index (χ0n) is 5.55. The summed E-state index contributed by atoms with van der Waals surface area (Å²) in [7, 11) is 0. The van der Waals surface area contributed by atoms with Crippen LogP contribution in [0.5, 0.6) is 0 Å². The van der Waals surface area contributed by atoms with Gasteiger partial charge in [0.05, 0.1) is 4.92 Å². The third kappa shape index (κ3) is 1.58. The highest BCUT2D eigenvalue weighted by atomic mass is 79.9. The summed E-state index contributed by atoms with van der Waals surface area (Å²) in [5, 5.41) is 10.1. The van der Waals surface area contributed by atoms with E-state index in [1.165, 1.54) is 0 Å². The van der Waals surface area contributed by atoms with Gasteiger partial charge in [0.15, 0.2) is 0 Å². The van der Waals surface area contributed by atoms with Crippen LogP contribution in [-0.4, -0.2) is 4.92 Å². The van der Waals surface area contributed by atoms with Crippen molar-refractivity contribution in [3.63, 3.8) is 0 Å². The van der Waals surface area contributed by atoms with Crippen molar-refractivity contribution in [2.45, 2.75) is 0 Å². The monoisotopic (exact) mass is 237 g/mol. The lowest BCUT2D eigenvalue weighted by molar-refractivity contribution is -0.390. The van der Waals surface area contributed by atoms with Gasteiger partial charge in [-0.25, -0.2) is 0 Å². The third-order valence-electron chi connectivity index (χ3n) is 1.16. The first kappa shape index (κ1) is 9.05. The lowest BCUT2D eigenvalue weighted by Crippen LogP contribution is -1.96. The van der Waals surface area contributed by atoms with Crippen LogP contribution in [-0.2, 0) is 0 Å². The SMILES string of the molecule is O=[N+]([O-])c1c(F)cc(Br)cc1F. The van der Waals surface area contributed by atoms with Crippen LogP contribution in [0.1, 0.15) is 0 Å². The second-order valence-corrected chi connectivity index (χ2v) is 2.89. The van der Waals surface area contributed by atoms with E-state index in [9.17, 15) is 18.9 Å². The van der Waals surface area contributed by atoms with E-state index in [0.29, 0.717) is 0 Å². The second kappa shape index (κ2) is 3.14. The van der Waals surface area contributed by atoms with Crippen molar-refractivity contribution in [2.75, 3.05) is 0 Å². The molecule has 0 radical (unpaired) electrons. The largest absolute Gasteiger partial charge is 0.340 e. The zero-order chi connectivity index (χ0) is 9.30. The van der Waals surface area contributed by atoms with Gasteiger partial charge in [-0.15, -0.1) is 0 Å². The minimum atomic E-state index is -1.19. The number of benzene rings is 1. The van der Waals surface area contributed by atoms with E-state index in [1.54, 1.807) is 0 Å². The first-order valence-electron chi connectivity index (χ1n) is 2.81. The third-order valence-corrected chi connectivity index (χ3v) is 1.62. The highest BCUT2D eigenvalue weighted by Crippen LogP contribution is 2.25. The molecule has 3 nitrogen and oxygen atoms in total. The van der Waals surface area contributed by atoms with Gasteiger partial charge in [0.1, 0.15) is 0 Å². The zero-order valence-corrected chi connectivity index (χ0v) is 7.14. The molecule has 0 aromatic heterocycles. The average molecular weight is 238 g/mol. The number of hydrogen-bond donors (Lipinski definition) is 0. The Morgan fingerprint density at radius 3 is 2.08 bits per heavy atom. The standard InChI is InChI=1S/C6H2BrF2NO2/c7-3-1-4(8)6(10(11)12)5(9)2-3/h1-2H. The predicted molar refractivity (Wildman–Crippen MR) is 40.7 cm³/mol. The predicted octanol–water partition coefficient (Wildman–Crippen LogP) is 2.64. The van der Waals surface area contributed by atoms with Crippen LogP contribution in [0.3, 0.4) is 0 Å². The van der Waals surface area contributed by atoms with Gasteiger partial charge in [-0.2, -0.15) is 8.78 Å². The molecule has 0 N–H and O–H groups in total. The summed E-state index contributed by atoms with van der Waals surface area (Å²) in [6.07, 6.45) is 0. The van der Waals surface area contributed by atoms with E-state index >= 15 is 0 Å². The minimum absolute atomic E-state index is 0.128. The van der Waals surface area contributed by atoms with Crippen LogP contribution >= 0.6 is 15.9 Å². The van der Waals surface area contributed by atoms with Crippen molar-refractivity contribution < 1.29 is 13.7 Å². The highest BCUT2D eigenvalue weighted by Gasteiger charge is 2.20. The number of halogens is 3. The molecule has 1 aromatic rings. The van der Waals surface area contributed by atoms with Gasteiger partial charge in [-0.3, -0.25) is 10.1 Å². The molecule has 64 valence electrons. The van der Waals surface area contributed by atoms with E-state index in [4.69, 9.17) is 0 Å². The Morgan fingerprint density at radius 1 is 1.33 bits per heavy atom. The molecule has 12 heavy (non-hydrogen) atoms. The molecule has 0 saturated heterocycles. The van der Waals surface area contributed by atoms with Crippen LogP contribution in [0, 0.1) is 21.7 Å². The molecule has 6 heteroatoms. The second-order valence-electron chi connectivity index (χ2n) is 1.98. The van der Waals surface area contributed by atoms with Crippen molar-refractivity contribution in [1.29, 1.82) is 0 Å².